The molecule has 0 bridgehead atoms. The second-order valence-electron chi connectivity index (χ2n) is 4.50. The van der Waals surface area contributed by atoms with Crippen LogP contribution in [0, 0.1) is 5.82 Å². The number of amides is 1. The second kappa shape index (κ2) is 5.18. The molecular weight excluding hydrogens is 297 g/mol. The molecule has 6 heteroatoms. The van der Waals surface area contributed by atoms with Gasteiger partial charge in [-0.3, -0.25) is 9.59 Å². The van der Waals surface area contributed by atoms with E-state index in [1.54, 1.807) is 6.07 Å². The molecule has 1 N–H and O–H groups in total. The van der Waals surface area contributed by atoms with Crippen molar-refractivity contribution in [2.45, 2.75) is 0 Å². The third-order valence-electron chi connectivity index (χ3n) is 3.05. The molecule has 0 atom stereocenters. The zero-order valence-corrected chi connectivity index (χ0v) is 11.4. The summed E-state index contributed by atoms with van der Waals surface area (Å²) in [7, 11) is 0. The predicted molar refractivity (Wildman–Crippen MR) is 75.4 cm³/mol. The zero-order valence-electron chi connectivity index (χ0n) is 10.7. The van der Waals surface area contributed by atoms with Crippen molar-refractivity contribution in [2.24, 2.45) is 0 Å². The van der Waals surface area contributed by atoms with Gasteiger partial charge in [-0.15, -0.1) is 0 Å². The largest absolute Gasteiger partial charge is 0.482 e. The van der Waals surface area contributed by atoms with Gasteiger partial charge in [0.15, 0.2) is 12.4 Å². The van der Waals surface area contributed by atoms with Gasteiger partial charge >= 0.3 is 0 Å². The molecule has 2 aromatic carbocycles. The van der Waals surface area contributed by atoms with E-state index >= 15 is 0 Å². The minimum atomic E-state index is -0.651. The Morgan fingerprint density at radius 1 is 1.24 bits per heavy atom. The summed E-state index contributed by atoms with van der Waals surface area (Å²) in [6, 6.07) is 8.31. The number of nitrogens with one attached hydrogen (secondary N) is 1. The number of carbonyl (C=O) groups excluding carboxylic acids is 2. The SMILES string of the molecule is O=C1COc2ccc(C(=O)c3cc(Cl)ccc3F)cc2N1. The van der Waals surface area contributed by atoms with Gasteiger partial charge < -0.3 is 10.1 Å². The molecule has 1 aliphatic heterocycles. The molecule has 3 rings (SSSR count). The molecular formula is C15H9ClFNO3. The number of hydrogen-bond acceptors (Lipinski definition) is 3. The molecule has 0 aromatic heterocycles. The molecule has 0 saturated heterocycles. The van der Waals surface area contributed by atoms with Crippen LogP contribution in [0.25, 0.3) is 0 Å². The Hall–Kier alpha value is -2.40. The molecule has 1 heterocycles. The van der Waals surface area contributed by atoms with E-state index in [4.69, 9.17) is 16.3 Å². The summed E-state index contributed by atoms with van der Waals surface area (Å²) in [4.78, 5) is 23.6. The smallest absolute Gasteiger partial charge is 0.262 e. The number of anilines is 1. The maximum absolute atomic E-state index is 13.7. The highest BCUT2D eigenvalue weighted by molar-refractivity contribution is 6.31. The molecule has 0 fully saturated rings. The number of carbonyl (C=O) groups is 2. The number of ketones is 1. The van der Waals surface area contributed by atoms with Crippen LogP contribution in [0.1, 0.15) is 15.9 Å². The molecule has 0 saturated carbocycles. The topological polar surface area (TPSA) is 55.4 Å². The highest BCUT2D eigenvalue weighted by Crippen LogP contribution is 2.29. The van der Waals surface area contributed by atoms with Gasteiger partial charge in [-0.05, 0) is 36.4 Å². The molecule has 0 unspecified atom stereocenters. The molecule has 21 heavy (non-hydrogen) atoms. The van der Waals surface area contributed by atoms with E-state index in [2.05, 4.69) is 5.32 Å². The van der Waals surface area contributed by atoms with E-state index in [0.717, 1.165) is 6.07 Å². The van der Waals surface area contributed by atoms with Crippen LogP contribution in [0.3, 0.4) is 0 Å². The first-order valence-electron chi connectivity index (χ1n) is 6.11. The number of ether oxygens (including phenoxy) is 1. The molecule has 106 valence electrons. The molecule has 1 aliphatic rings. The number of hydrogen-bond donors (Lipinski definition) is 1. The van der Waals surface area contributed by atoms with Gasteiger partial charge in [-0.2, -0.15) is 0 Å². The first-order valence-corrected chi connectivity index (χ1v) is 6.49. The molecule has 4 nitrogen and oxygen atoms in total. The van der Waals surface area contributed by atoms with Crippen LogP contribution in [0.4, 0.5) is 10.1 Å². The minimum Gasteiger partial charge on any atom is -0.482 e. The van der Waals surface area contributed by atoms with E-state index < -0.39 is 11.6 Å². The summed E-state index contributed by atoms with van der Waals surface area (Å²) in [6.45, 7) is -0.0663. The standard InChI is InChI=1S/C15H9ClFNO3/c16-9-2-3-11(17)10(6-9)15(20)8-1-4-13-12(5-8)18-14(19)7-21-13/h1-6H,7H2,(H,18,19). The van der Waals surface area contributed by atoms with E-state index in [1.165, 1.54) is 24.3 Å². The van der Waals surface area contributed by atoms with Gasteiger partial charge in [0.25, 0.3) is 5.91 Å². The van der Waals surface area contributed by atoms with Gasteiger partial charge in [0, 0.05) is 10.6 Å². The molecule has 0 aliphatic carbocycles. The van der Waals surface area contributed by atoms with Crippen molar-refractivity contribution in [3.05, 3.63) is 58.4 Å². The van der Waals surface area contributed by atoms with Crippen molar-refractivity contribution < 1.29 is 18.7 Å². The fourth-order valence-corrected chi connectivity index (χ4v) is 2.22. The van der Waals surface area contributed by atoms with Crippen LogP contribution >= 0.6 is 11.6 Å². The molecule has 2 aromatic rings. The Morgan fingerprint density at radius 2 is 2.05 bits per heavy atom. The monoisotopic (exact) mass is 305 g/mol. The highest BCUT2D eigenvalue weighted by atomic mass is 35.5. The van der Waals surface area contributed by atoms with E-state index in [9.17, 15) is 14.0 Å². The fraction of sp³-hybridized carbons (Fsp3) is 0.0667. The average Bonchev–Trinajstić information content (AvgIpc) is 2.48. The Bertz CT molecular complexity index is 761. The Labute approximate surface area is 124 Å². The van der Waals surface area contributed by atoms with Crippen molar-refractivity contribution in [3.8, 4) is 5.75 Å². The third-order valence-corrected chi connectivity index (χ3v) is 3.28. The van der Waals surface area contributed by atoms with E-state index in [1.807, 2.05) is 0 Å². The van der Waals surface area contributed by atoms with Gasteiger partial charge in [-0.1, -0.05) is 11.6 Å². The first kappa shape index (κ1) is 13.6. The van der Waals surface area contributed by atoms with Gasteiger partial charge in [0.2, 0.25) is 0 Å². The number of benzene rings is 2. The van der Waals surface area contributed by atoms with Crippen LogP contribution in [-0.2, 0) is 4.79 Å². The normalized spacial score (nSPS) is 13.1. The summed E-state index contributed by atoms with van der Waals surface area (Å²) in [5.74, 6) is -1.00. The fourth-order valence-electron chi connectivity index (χ4n) is 2.05. The van der Waals surface area contributed by atoms with Gasteiger partial charge in [-0.25, -0.2) is 4.39 Å². The Balaban J connectivity index is 2.00. The third kappa shape index (κ3) is 2.60. The van der Waals surface area contributed by atoms with Crippen molar-refractivity contribution in [1.82, 2.24) is 0 Å². The Morgan fingerprint density at radius 3 is 2.86 bits per heavy atom. The number of rotatable bonds is 2. The second-order valence-corrected chi connectivity index (χ2v) is 4.94. The molecule has 0 spiro atoms. The predicted octanol–water partition coefficient (Wildman–Crippen LogP) is 3.04. The summed E-state index contributed by atoms with van der Waals surface area (Å²) in [5.41, 5.74) is 0.505. The molecule has 1 amide bonds. The lowest BCUT2D eigenvalue weighted by molar-refractivity contribution is -0.118. The van der Waals surface area contributed by atoms with Crippen molar-refractivity contribution in [3.63, 3.8) is 0 Å². The van der Waals surface area contributed by atoms with Gasteiger partial charge in [0.05, 0.1) is 11.3 Å². The van der Waals surface area contributed by atoms with Crippen molar-refractivity contribution in [2.75, 3.05) is 11.9 Å². The lowest BCUT2D eigenvalue weighted by Gasteiger charge is -2.18. The maximum atomic E-state index is 13.7. The summed E-state index contributed by atoms with van der Waals surface area (Å²) in [5, 5.41) is 2.87. The summed E-state index contributed by atoms with van der Waals surface area (Å²) >= 11 is 5.79. The van der Waals surface area contributed by atoms with Crippen molar-refractivity contribution >= 4 is 29.0 Å². The quantitative estimate of drug-likeness (QED) is 0.868. The van der Waals surface area contributed by atoms with E-state index in [0.29, 0.717) is 11.4 Å². The minimum absolute atomic E-state index is 0.0663. The van der Waals surface area contributed by atoms with Gasteiger partial charge in [0.1, 0.15) is 11.6 Å². The van der Waals surface area contributed by atoms with Crippen LogP contribution in [0.2, 0.25) is 5.02 Å². The first-order chi connectivity index (χ1) is 10.0. The summed E-state index contributed by atoms with van der Waals surface area (Å²) in [6.07, 6.45) is 0. The van der Waals surface area contributed by atoms with Crippen LogP contribution in [-0.4, -0.2) is 18.3 Å². The lowest BCUT2D eigenvalue weighted by Crippen LogP contribution is -2.25. The molecule has 0 radical (unpaired) electrons. The van der Waals surface area contributed by atoms with Crippen LogP contribution in [0.5, 0.6) is 5.75 Å². The average molecular weight is 306 g/mol. The van der Waals surface area contributed by atoms with Crippen LogP contribution in [0.15, 0.2) is 36.4 Å². The summed E-state index contributed by atoms with van der Waals surface area (Å²) < 4.78 is 18.9. The lowest BCUT2D eigenvalue weighted by atomic mass is 10.0. The van der Waals surface area contributed by atoms with E-state index in [-0.39, 0.29) is 28.7 Å². The van der Waals surface area contributed by atoms with Crippen LogP contribution < -0.4 is 10.1 Å². The number of fused-ring (bicyclic) bond motifs is 1. The van der Waals surface area contributed by atoms with Crippen molar-refractivity contribution in [1.29, 1.82) is 0 Å². The highest BCUT2D eigenvalue weighted by Gasteiger charge is 2.20. The zero-order chi connectivity index (χ0) is 15.0. The number of halogens is 2. The maximum Gasteiger partial charge on any atom is 0.262 e. The Kier molecular flexibility index (Phi) is 3.35.